The van der Waals surface area contributed by atoms with Crippen LogP contribution in [-0.2, 0) is 4.79 Å². The maximum absolute atomic E-state index is 12.1. The second kappa shape index (κ2) is 5.31. The average Bonchev–Trinajstić information content (AvgIpc) is 2.76. The molecule has 2 N–H and O–H groups in total. The van der Waals surface area contributed by atoms with Crippen LogP contribution in [0, 0.1) is 11.8 Å². The predicted molar refractivity (Wildman–Crippen MR) is 70.6 cm³/mol. The van der Waals surface area contributed by atoms with E-state index in [1.54, 1.807) is 24.3 Å². The van der Waals surface area contributed by atoms with Gasteiger partial charge in [-0.25, -0.2) is 0 Å². The number of hydrogen-bond acceptors (Lipinski definition) is 3. The monoisotopic (exact) mass is 246 g/mol. The molecule has 1 heterocycles. The molecule has 1 amide bonds. The van der Waals surface area contributed by atoms with E-state index < -0.39 is 0 Å². The number of benzene rings is 1. The molecular weight excluding hydrogens is 228 g/mol. The Morgan fingerprint density at radius 1 is 1.33 bits per heavy atom. The molecular formula is C14H18N2O2. The number of anilines is 1. The Bertz CT molecular complexity index is 471. The van der Waals surface area contributed by atoms with Crippen LogP contribution in [0.3, 0.4) is 0 Å². The molecule has 2 atom stereocenters. The van der Waals surface area contributed by atoms with Crippen LogP contribution in [0.25, 0.3) is 0 Å². The smallest absolute Gasteiger partial charge is 0.229 e. The van der Waals surface area contributed by atoms with Gasteiger partial charge in [-0.2, -0.15) is 0 Å². The summed E-state index contributed by atoms with van der Waals surface area (Å²) in [6.07, 6.45) is 0. The molecule has 0 spiro atoms. The van der Waals surface area contributed by atoms with Crippen molar-refractivity contribution >= 4 is 17.4 Å². The molecule has 0 aromatic heterocycles. The standard InChI is InChI=1S/C14H18N2O2/c1-9-7-15-8-13(9)14(18)16-12-5-3-4-11(6-12)10(2)17/h3-6,9,13,15H,7-8H2,1-2H3,(H,16,18). The maximum Gasteiger partial charge on any atom is 0.229 e. The molecule has 96 valence electrons. The van der Waals surface area contributed by atoms with Gasteiger partial charge in [-0.05, 0) is 31.5 Å². The van der Waals surface area contributed by atoms with Crippen molar-refractivity contribution in [2.75, 3.05) is 18.4 Å². The third kappa shape index (κ3) is 2.76. The van der Waals surface area contributed by atoms with Gasteiger partial charge >= 0.3 is 0 Å². The first kappa shape index (κ1) is 12.8. The van der Waals surface area contributed by atoms with E-state index in [4.69, 9.17) is 0 Å². The first-order valence-electron chi connectivity index (χ1n) is 6.20. The van der Waals surface area contributed by atoms with Gasteiger partial charge in [0.15, 0.2) is 5.78 Å². The van der Waals surface area contributed by atoms with E-state index in [0.29, 0.717) is 17.2 Å². The zero-order valence-corrected chi connectivity index (χ0v) is 10.7. The van der Waals surface area contributed by atoms with Gasteiger partial charge in [-0.1, -0.05) is 19.1 Å². The van der Waals surface area contributed by atoms with E-state index in [1.165, 1.54) is 6.92 Å². The Morgan fingerprint density at radius 3 is 2.72 bits per heavy atom. The molecule has 1 saturated heterocycles. The van der Waals surface area contributed by atoms with Crippen molar-refractivity contribution in [3.8, 4) is 0 Å². The number of nitrogens with one attached hydrogen (secondary N) is 2. The van der Waals surface area contributed by atoms with Crippen LogP contribution in [0.2, 0.25) is 0 Å². The van der Waals surface area contributed by atoms with E-state index in [9.17, 15) is 9.59 Å². The predicted octanol–water partition coefficient (Wildman–Crippen LogP) is 1.68. The van der Waals surface area contributed by atoms with E-state index in [2.05, 4.69) is 17.6 Å². The first-order valence-corrected chi connectivity index (χ1v) is 6.20. The van der Waals surface area contributed by atoms with Crippen LogP contribution < -0.4 is 10.6 Å². The Kier molecular flexibility index (Phi) is 3.77. The lowest BCUT2D eigenvalue weighted by atomic mass is 9.97. The number of rotatable bonds is 3. The quantitative estimate of drug-likeness (QED) is 0.798. The minimum absolute atomic E-state index is 0.00185. The highest BCUT2D eigenvalue weighted by molar-refractivity contribution is 5.97. The molecule has 1 aromatic rings. The van der Waals surface area contributed by atoms with Crippen molar-refractivity contribution < 1.29 is 9.59 Å². The van der Waals surface area contributed by atoms with E-state index >= 15 is 0 Å². The minimum Gasteiger partial charge on any atom is -0.326 e. The fourth-order valence-corrected chi connectivity index (χ4v) is 2.21. The molecule has 1 fully saturated rings. The summed E-state index contributed by atoms with van der Waals surface area (Å²) in [4.78, 5) is 23.3. The Hall–Kier alpha value is -1.68. The Labute approximate surface area is 107 Å². The molecule has 0 bridgehead atoms. The zero-order chi connectivity index (χ0) is 13.1. The van der Waals surface area contributed by atoms with Gasteiger partial charge in [0.05, 0.1) is 5.92 Å². The maximum atomic E-state index is 12.1. The minimum atomic E-state index is 0.00185. The molecule has 4 heteroatoms. The van der Waals surface area contributed by atoms with Crippen LogP contribution in [0.5, 0.6) is 0 Å². The normalized spacial score (nSPS) is 22.8. The van der Waals surface area contributed by atoms with Gasteiger partial charge in [-0.3, -0.25) is 9.59 Å². The van der Waals surface area contributed by atoms with Crippen LogP contribution >= 0.6 is 0 Å². The third-order valence-corrected chi connectivity index (χ3v) is 3.39. The summed E-state index contributed by atoms with van der Waals surface area (Å²) in [5.74, 6) is 0.377. The molecule has 0 saturated carbocycles. The molecule has 4 nitrogen and oxygen atoms in total. The average molecular weight is 246 g/mol. The van der Waals surface area contributed by atoms with Crippen molar-refractivity contribution in [1.82, 2.24) is 5.32 Å². The Morgan fingerprint density at radius 2 is 2.11 bits per heavy atom. The van der Waals surface area contributed by atoms with Gasteiger partial charge in [0.25, 0.3) is 0 Å². The molecule has 1 aliphatic heterocycles. The largest absolute Gasteiger partial charge is 0.326 e. The van der Waals surface area contributed by atoms with Crippen molar-refractivity contribution in [3.05, 3.63) is 29.8 Å². The molecule has 1 aromatic carbocycles. The summed E-state index contributed by atoms with van der Waals surface area (Å²) in [6, 6.07) is 7.05. The SMILES string of the molecule is CC(=O)c1cccc(NC(=O)C2CNCC2C)c1. The van der Waals surface area contributed by atoms with Gasteiger partial charge < -0.3 is 10.6 Å². The number of hydrogen-bond donors (Lipinski definition) is 2. The second-order valence-corrected chi connectivity index (χ2v) is 4.87. The Balaban J connectivity index is 2.07. The lowest BCUT2D eigenvalue weighted by molar-refractivity contribution is -0.120. The highest BCUT2D eigenvalue weighted by atomic mass is 16.2. The summed E-state index contributed by atoms with van der Waals surface area (Å²) in [6.45, 7) is 5.19. The van der Waals surface area contributed by atoms with Crippen molar-refractivity contribution in [3.63, 3.8) is 0 Å². The number of carbonyl (C=O) groups is 2. The molecule has 2 unspecified atom stereocenters. The number of Topliss-reactive ketones (excluding diaryl/α,β-unsaturated/α-hetero) is 1. The van der Waals surface area contributed by atoms with Crippen LogP contribution in [0.1, 0.15) is 24.2 Å². The van der Waals surface area contributed by atoms with E-state index in [-0.39, 0.29) is 17.6 Å². The highest BCUT2D eigenvalue weighted by Gasteiger charge is 2.29. The first-order chi connectivity index (χ1) is 8.58. The zero-order valence-electron chi connectivity index (χ0n) is 10.7. The van der Waals surface area contributed by atoms with Crippen LogP contribution in [0.15, 0.2) is 24.3 Å². The summed E-state index contributed by atoms with van der Waals surface area (Å²) < 4.78 is 0. The summed E-state index contributed by atoms with van der Waals surface area (Å²) >= 11 is 0. The number of ketones is 1. The number of amides is 1. The second-order valence-electron chi connectivity index (χ2n) is 4.87. The lowest BCUT2D eigenvalue weighted by Gasteiger charge is -2.14. The van der Waals surface area contributed by atoms with Gasteiger partial charge in [-0.15, -0.1) is 0 Å². The van der Waals surface area contributed by atoms with Gasteiger partial charge in [0, 0.05) is 17.8 Å². The lowest BCUT2D eigenvalue weighted by Crippen LogP contribution is -2.27. The molecule has 18 heavy (non-hydrogen) atoms. The third-order valence-electron chi connectivity index (χ3n) is 3.39. The number of carbonyl (C=O) groups excluding carboxylic acids is 2. The van der Waals surface area contributed by atoms with E-state index in [1.807, 2.05) is 0 Å². The summed E-state index contributed by atoms with van der Waals surface area (Å²) in [5.41, 5.74) is 1.30. The fourth-order valence-electron chi connectivity index (χ4n) is 2.21. The fraction of sp³-hybridized carbons (Fsp3) is 0.429. The van der Waals surface area contributed by atoms with Crippen molar-refractivity contribution in [1.29, 1.82) is 0 Å². The van der Waals surface area contributed by atoms with Crippen molar-refractivity contribution in [2.24, 2.45) is 11.8 Å². The summed E-state index contributed by atoms with van der Waals surface area (Å²) in [5, 5.41) is 6.08. The molecule has 1 aliphatic rings. The van der Waals surface area contributed by atoms with Crippen LogP contribution in [0.4, 0.5) is 5.69 Å². The highest BCUT2D eigenvalue weighted by Crippen LogP contribution is 2.19. The molecule has 0 radical (unpaired) electrons. The molecule has 2 rings (SSSR count). The topological polar surface area (TPSA) is 58.2 Å². The van der Waals surface area contributed by atoms with Gasteiger partial charge in [0.1, 0.15) is 0 Å². The van der Waals surface area contributed by atoms with Crippen molar-refractivity contribution in [2.45, 2.75) is 13.8 Å². The van der Waals surface area contributed by atoms with E-state index in [0.717, 1.165) is 13.1 Å². The van der Waals surface area contributed by atoms with Gasteiger partial charge in [0.2, 0.25) is 5.91 Å². The summed E-state index contributed by atoms with van der Waals surface area (Å²) in [7, 11) is 0. The van der Waals surface area contributed by atoms with Crippen LogP contribution in [-0.4, -0.2) is 24.8 Å². The molecule has 0 aliphatic carbocycles.